The van der Waals surface area contributed by atoms with Crippen LogP contribution in [-0.2, 0) is 6.61 Å². The Kier molecular flexibility index (Phi) is 6.93. The maximum absolute atomic E-state index is 6.59. The van der Waals surface area contributed by atoms with Gasteiger partial charge in [0.1, 0.15) is 12.4 Å². The maximum Gasteiger partial charge on any atom is 0.180 e. The number of fused-ring (bicyclic) bond motifs is 1. The van der Waals surface area contributed by atoms with Gasteiger partial charge in [-0.2, -0.15) is 0 Å². The number of methoxy groups -OCH3 is 1. The van der Waals surface area contributed by atoms with E-state index in [0.717, 1.165) is 28.0 Å². The quantitative estimate of drug-likeness (QED) is 0.268. The molecule has 5 heteroatoms. The van der Waals surface area contributed by atoms with E-state index < -0.39 is 0 Å². The molecule has 0 heterocycles. The summed E-state index contributed by atoms with van der Waals surface area (Å²) in [4.78, 5) is 4.52. The predicted molar refractivity (Wildman–Crippen MR) is 131 cm³/mol. The molecular formula is C27H24ClNO3. The standard InChI is InChI=1S/C27H24ClNO3/c1-3-31-26-16-19(17-29-22-11-13-23(30-2)14-12-22)15-25(28)27(26)32-18-21-9-6-8-20-7-4-5-10-24(20)21/h4-17H,3,18H2,1-2H3. The monoisotopic (exact) mass is 445 g/mol. The summed E-state index contributed by atoms with van der Waals surface area (Å²) in [5.74, 6) is 1.91. The van der Waals surface area contributed by atoms with Crippen molar-refractivity contribution >= 4 is 34.3 Å². The molecule has 0 radical (unpaired) electrons. The first kappa shape index (κ1) is 21.7. The maximum atomic E-state index is 6.59. The molecule has 4 aromatic carbocycles. The fourth-order valence-corrected chi connectivity index (χ4v) is 3.72. The zero-order valence-corrected chi connectivity index (χ0v) is 18.8. The van der Waals surface area contributed by atoms with Crippen LogP contribution in [0.1, 0.15) is 18.1 Å². The fraction of sp³-hybridized carbons (Fsp3) is 0.148. The van der Waals surface area contributed by atoms with Crippen molar-refractivity contribution in [3.8, 4) is 17.2 Å². The van der Waals surface area contributed by atoms with Crippen molar-refractivity contribution in [2.24, 2.45) is 4.99 Å². The van der Waals surface area contributed by atoms with Crippen LogP contribution in [0.25, 0.3) is 10.8 Å². The van der Waals surface area contributed by atoms with Gasteiger partial charge in [-0.1, -0.05) is 54.1 Å². The van der Waals surface area contributed by atoms with E-state index in [2.05, 4.69) is 29.3 Å². The lowest BCUT2D eigenvalue weighted by atomic mass is 10.1. The van der Waals surface area contributed by atoms with E-state index in [9.17, 15) is 0 Å². The van der Waals surface area contributed by atoms with Gasteiger partial charge in [0.05, 0.1) is 24.4 Å². The molecule has 0 atom stereocenters. The Bertz CT molecular complexity index is 1230. The molecule has 4 nitrogen and oxygen atoms in total. The third-order valence-electron chi connectivity index (χ3n) is 5.02. The number of hydrogen-bond acceptors (Lipinski definition) is 4. The number of benzene rings is 4. The number of aliphatic imine (C=N–C) groups is 1. The molecule has 0 spiro atoms. The third-order valence-corrected chi connectivity index (χ3v) is 5.30. The highest BCUT2D eigenvalue weighted by Gasteiger charge is 2.13. The lowest BCUT2D eigenvalue weighted by Crippen LogP contribution is -2.02. The van der Waals surface area contributed by atoms with E-state index in [-0.39, 0.29) is 0 Å². The molecule has 0 aromatic heterocycles. The molecule has 0 saturated carbocycles. The van der Waals surface area contributed by atoms with Crippen LogP contribution in [0.4, 0.5) is 5.69 Å². The SMILES string of the molecule is CCOc1cc(C=Nc2ccc(OC)cc2)cc(Cl)c1OCc1cccc2ccccc12. The number of nitrogens with zero attached hydrogens (tertiary/aromatic N) is 1. The Hall–Kier alpha value is -3.50. The first-order valence-electron chi connectivity index (χ1n) is 10.4. The summed E-state index contributed by atoms with van der Waals surface area (Å²) in [6.07, 6.45) is 1.75. The molecule has 0 N–H and O–H groups in total. The minimum Gasteiger partial charge on any atom is -0.497 e. The largest absolute Gasteiger partial charge is 0.497 e. The first-order chi connectivity index (χ1) is 15.7. The van der Waals surface area contributed by atoms with Gasteiger partial charge in [-0.05, 0) is 65.2 Å². The molecule has 4 aromatic rings. The van der Waals surface area contributed by atoms with Gasteiger partial charge in [-0.3, -0.25) is 4.99 Å². The van der Waals surface area contributed by atoms with E-state index in [4.69, 9.17) is 25.8 Å². The fourth-order valence-electron chi connectivity index (χ4n) is 3.45. The smallest absolute Gasteiger partial charge is 0.180 e. The Balaban J connectivity index is 1.57. The van der Waals surface area contributed by atoms with E-state index in [1.54, 1.807) is 13.3 Å². The Morgan fingerprint density at radius 2 is 1.69 bits per heavy atom. The van der Waals surface area contributed by atoms with Crippen LogP contribution in [0.2, 0.25) is 5.02 Å². The van der Waals surface area contributed by atoms with E-state index in [1.807, 2.05) is 61.5 Å². The predicted octanol–water partition coefficient (Wildman–Crippen LogP) is 7.23. The zero-order chi connectivity index (χ0) is 22.3. The number of ether oxygens (including phenoxy) is 3. The zero-order valence-electron chi connectivity index (χ0n) is 18.0. The second kappa shape index (κ2) is 10.2. The number of rotatable bonds is 8. The molecule has 162 valence electrons. The van der Waals surface area contributed by atoms with Crippen LogP contribution >= 0.6 is 11.6 Å². The molecule has 4 rings (SSSR count). The van der Waals surface area contributed by atoms with Crippen molar-refractivity contribution in [3.63, 3.8) is 0 Å². The summed E-state index contributed by atoms with van der Waals surface area (Å²) in [6.45, 7) is 2.82. The van der Waals surface area contributed by atoms with Crippen LogP contribution in [0.3, 0.4) is 0 Å². The average molecular weight is 446 g/mol. The molecule has 0 aliphatic carbocycles. The molecule has 0 unspecified atom stereocenters. The van der Waals surface area contributed by atoms with Gasteiger partial charge < -0.3 is 14.2 Å². The minimum atomic E-state index is 0.389. The minimum absolute atomic E-state index is 0.389. The second-order valence-corrected chi connectivity index (χ2v) is 7.55. The Morgan fingerprint density at radius 3 is 2.47 bits per heavy atom. The first-order valence-corrected chi connectivity index (χ1v) is 10.8. The Labute approximate surface area is 193 Å². The summed E-state index contributed by atoms with van der Waals surface area (Å²) in [7, 11) is 1.64. The Morgan fingerprint density at radius 1 is 0.906 bits per heavy atom. The van der Waals surface area contributed by atoms with Crippen molar-refractivity contribution in [1.82, 2.24) is 0 Å². The van der Waals surface area contributed by atoms with Gasteiger partial charge in [-0.15, -0.1) is 0 Å². The highest BCUT2D eigenvalue weighted by Crippen LogP contribution is 2.37. The highest BCUT2D eigenvalue weighted by atomic mass is 35.5. The number of hydrogen-bond donors (Lipinski definition) is 0. The number of halogens is 1. The molecule has 0 bridgehead atoms. The van der Waals surface area contributed by atoms with Crippen molar-refractivity contribution in [3.05, 3.63) is 95.0 Å². The average Bonchev–Trinajstić information content (AvgIpc) is 2.83. The third kappa shape index (κ3) is 5.04. The van der Waals surface area contributed by atoms with Gasteiger partial charge in [0.2, 0.25) is 0 Å². The van der Waals surface area contributed by atoms with E-state index >= 15 is 0 Å². The summed E-state index contributed by atoms with van der Waals surface area (Å²) in [6, 6.07) is 25.7. The van der Waals surface area contributed by atoms with Gasteiger partial charge in [-0.25, -0.2) is 0 Å². The normalized spacial score (nSPS) is 11.1. The molecular weight excluding hydrogens is 422 g/mol. The summed E-state index contributed by atoms with van der Waals surface area (Å²) >= 11 is 6.59. The van der Waals surface area contributed by atoms with E-state index in [0.29, 0.717) is 29.7 Å². The lowest BCUT2D eigenvalue weighted by Gasteiger charge is -2.15. The lowest BCUT2D eigenvalue weighted by molar-refractivity contribution is 0.270. The summed E-state index contributed by atoms with van der Waals surface area (Å²) < 4.78 is 17.2. The molecule has 0 fully saturated rings. The molecule has 0 saturated heterocycles. The van der Waals surface area contributed by atoms with Crippen LogP contribution in [0.5, 0.6) is 17.2 Å². The summed E-state index contributed by atoms with van der Waals surface area (Å²) in [5, 5.41) is 2.81. The van der Waals surface area contributed by atoms with Crippen molar-refractivity contribution in [2.75, 3.05) is 13.7 Å². The van der Waals surface area contributed by atoms with Gasteiger partial charge in [0.15, 0.2) is 11.5 Å². The molecule has 0 amide bonds. The van der Waals surface area contributed by atoms with Gasteiger partial charge in [0.25, 0.3) is 0 Å². The molecule has 0 aliphatic rings. The van der Waals surface area contributed by atoms with Crippen molar-refractivity contribution in [1.29, 1.82) is 0 Å². The van der Waals surface area contributed by atoms with Crippen LogP contribution in [0, 0.1) is 0 Å². The van der Waals surface area contributed by atoms with E-state index in [1.165, 1.54) is 5.39 Å². The van der Waals surface area contributed by atoms with Crippen LogP contribution in [-0.4, -0.2) is 19.9 Å². The van der Waals surface area contributed by atoms with Gasteiger partial charge >= 0.3 is 0 Å². The topological polar surface area (TPSA) is 40.0 Å². The highest BCUT2D eigenvalue weighted by molar-refractivity contribution is 6.32. The van der Waals surface area contributed by atoms with Crippen LogP contribution in [0.15, 0.2) is 83.9 Å². The van der Waals surface area contributed by atoms with Crippen molar-refractivity contribution in [2.45, 2.75) is 13.5 Å². The second-order valence-electron chi connectivity index (χ2n) is 7.15. The summed E-state index contributed by atoms with van der Waals surface area (Å²) in [5.41, 5.74) is 2.73. The van der Waals surface area contributed by atoms with Gasteiger partial charge in [0, 0.05) is 6.21 Å². The van der Waals surface area contributed by atoms with Crippen LogP contribution < -0.4 is 14.2 Å². The molecule has 32 heavy (non-hydrogen) atoms. The molecule has 0 aliphatic heterocycles. The van der Waals surface area contributed by atoms with Crippen molar-refractivity contribution < 1.29 is 14.2 Å².